The minimum atomic E-state index is -1.51. The third kappa shape index (κ3) is 2.53. The van der Waals surface area contributed by atoms with E-state index in [0.29, 0.717) is 5.57 Å². The number of nitrogens with zero attached hydrogens (tertiary/aromatic N) is 4. The van der Waals surface area contributed by atoms with Crippen molar-refractivity contribution >= 4 is 11.3 Å². The molecule has 0 fully saturated rings. The second kappa shape index (κ2) is 6.73. The van der Waals surface area contributed by atoms with Crippen molar-refractivity contribution in [2.75, 3.05) is 19.6 Å². The molecule has 2 atom stereocenters. The molecular formula is C19H19N5S. The Labute approximate surface area is 151 Å². The van der Waals surface area contributed by atoms with Gasteiger partial charge < -0.3 is 5.73 Å². The summed E-state index contributed by atoms with van der Waals surface area (Å²) in [6, 6.07) is 8.44. The van der Waals surface area contributed by atoms with E-state index in [4.69, 9.17) is 5.73 Å². The van der Waals surface area contributed by atoms with Crippen LogP contribution in [0.25, 0.3) is 0 Å². The molecule has 126 valence electrons. The number of nitriles is 3. The summed E-state index contributed by atoms with van der Waals surface area (Å²) >= 11 is 1.54. The quantitative estimate of drug-likeness (QED) is 0.904. The lowest BCUT2D eigenvalue weighted by atomic mass is 9.58. The van der Waals surface area contributed by atoms with Crippen molar-refractivity contribution in [2.24, 2.45) is 17.1 Å². The van der Waals surface area contributed by atoms with Crippen LogP contribution in [0, 0.1) is 45.3 Å². The third-order valence-corrected chi connectivity index (χ3v) is 5.88. The van der Waals surface area contributed by atoms with E-state index in [-0.39, 0.29) is 17.5 Å². The summed E-state index contributed by atoms with van der Waals surface area (Å²) in [5.74, 6) is -0.451. The van der Waals surface area contributed by atoms with Crippen molar-refractivity contribution in [3.63, 3.8) is 0 Å². The Morgan fingerprint density at radius 3 is 2.68 bits per heavy atom. The number of allylic oxidation sites excluding steroid dienone is 2. The van der Waals surface area contributed by atoms with Crippen LogP contribution in [-0.4, -0.2) is 24.5 Å². The zero-order valence-corrected chi connectivity index (χ0v) is 14.9. The summed E-state index contributed by atoms with van der Waals surface area (Å²) < 4.78 is 0. The van der Waals surface area contributed by atoms with Crippen LogP contribution in [-0.2, 0) is 0 Å². The summed E-state index contributed by atoms with van der Waals surface area (Å²) in [6.07, 6.45) is 3.08. The molecule has 0 saturated carbocycles. The standard InChI is InChI=1S/C19H19N5S/c1-2-5-24-6-3-14-15(8-20)18(23)19(11-21,12-22)17(16(14)9-24)13-4-7-25-10-13/h3-4,7,10,16-17H,2,5-6,9,23H2,1H3/t16-,17-/m1/s1. The molecule has 0 radical (unpaired) electrons. The zero-order chi connectivity index (χ0) is 18.0. The zero-order valence-electron chi connectivity index (χ0n) is 14.1. The van der Waals surface area contributed by atoms with Gasteiger partial charge in [-0.1, -0.05) is 13.0 Å². The van der Waals surface area contributed by atoms with Crippen molar-refractivity contribution < 1.29 is 0 Å². The van der Waals surface area contributed by atoms with Crippen molar-refractivity contribution in [1.82, 2.24) is 4.90 Å². The predicted octanol–water partition coefficient (Wildman–Crippen LogP) is 2.88. The normalized spacial score (nSPS) is 25.3. The van der Waals surface area contributed by atoms with Gasteiger partial charge in [-0.15, -0.1) is 0 Å². The van der Waals surface area contributed by atoms with Crippen molar-refractivity contribution in [3.8, 4) is 18.2 Å². The minimum Gasteiger partial charge on any atom is -0.399 e. The van der Waals surface area contributed by atoms with Crippen molar-refractivity contribution in [1.29, 1.82) is 15.8 Å². The molecule has 6 heteroatoms. The maximum atomic E-state index is 9.93. The lowest BCUT2D eigenvalue weighted by Gasteiger charge is -2.45. The topological polar surface area (TPSA) is 101 Å². The second-order valence-corrected chi connectivity index (χ2v) is 7.27. The van der Waals surface area contributed by atoms with Crippen LogP contribution in [0.5, 0.6) is 0 Å². The highest BCUT2D eigenvalue weighted by Gasteiger charge is 2.54. The molecule has 0 spiro atoms. The molecule has 1 aromatic rings. The van der Waals surface area contributed by atoms with Gasteiger partial charge in [0.1, 0.15) is 6.07 Å². The Morgan fingerprint density at radius 1 is 1.36 bits per heavy atom. The molecule has 1 aliphatic heterocycles. The van der Waals surface area contributed by atoms with Gasteiger partial charge in [0.05, 0.1) is 23.4 Å². The first kappa shape index (κ1) is 17.2. The lowest BCUT2D eigenvalue weighted by molar-refractivity contribution is 0.207. The highest BCUT2D eigenvalue weighted by atomic mass is 32.1. The number of hydrogen-bond acceptors (Lipinski definition) is 6. The maximum absolute atomic E-state index is 9.93. The molecule has 2 heterocycles. The number of nitrogens with two attached hydrogens (primary N) is 1. The largest absolute Gasteiger partial charge is 0.399 e. The summed E-state index contributed by atoms with van der Waals surface area (Å²) in [5.41, 5.74) is 6.99. The van der Waals surface area contributed by atoms with Crippen LogP contribution in [0.3, 0.4) is 0 Å². The van der Waals surface area contributed by atoms with E-state index in [2.05, 4.69) is 30.0 Å². The average molecular weight is 349 g/mol. The van der Waals surface area contributed by atoms with Crippen LogP contribution in [0.1, 0.15) is 24.8 Å². The van der Waals surface area contributed by atoms with Gasteiger partial charge in [0, 0.05) is 24.9 Å². The molecule has 5 nitrogen and oxygen atoms in total. The minimum absolute atomic E-state index is 0.0869. The van der Waals surface area contributed by atoms with Gasteiger partial charge in [-0.2, -0.15) is 27.1 Å². The summed E-state index contributed by atoms with van der Waals surface area (Å²) in [7, 11) is 0. The van der Waals surface area contributed by atoms with Gasteiger partial charge in [-0.3, -0.25) is 4.90 Å². The summed E-state index contributed by atoms with van der Waals surface area (Å²) in [4.78, 5) is 2.31. The number of fused-ring (bicyclic) bond motifs is 1. The van der Waals surface area contributed by atoms with Gasteiger partial charge in [0.25, 0.3) is 0 Å². The van der Waals surface area contributed by atoms with Gasteiger partial charge in [-0.05, 0) is 40.9 Å². The Balaban J connectivity index is 2.24. The fraction of sp³-hybridized carbons (Fsp3) is 0.421. The number of hydrogen-bond donors (Lipinski definition) is 1. The molecule has 25 heavy (non-hydrogen) atoms. The first-order valence-electron chi connectivity index (χ1n) is 8.30. The molecular weight excluding hydrogens is 330 g/mol. The molecule has 2 aliphatic rings. The van der Waals surface area contributed by atoms with Crippen LogP contribution in [0.2, 0.25) is 0 Å². The first-order valence-corrected chi connectivity index (χ1v) is 9.24. The van der Waals surface area contributed by atoms with E-state index >= 15 is 0 Å². The maximum Gasteiger partial charge on any atom is 0.191 e. The molecule has 0 bridgehead atoms. The van der Waals surface area contributed by atoms with Gasteiger partial charge in [0.15, 0.2) is 5.41 Å². The molecule has 1 aliphatic carbocycles. The summed E-state index contributed by atoms with van der Waals surface area (Å²) in [5, 5.41) is 33.4. The van der Waals surface area contributed by atoms with Crippen molar-refractivity contribution in [2.45, 2.75) is 19.3 Å². The smallest absolute Gasteiger partial charge is 0.191 e. The first-order chi connectivity index (χ1) is 12.1. The van der Waals surface area contributed by atoms with Crippen LogP contribution in [0.4, 0.5) is 0 Å². The highest BCUT2D eigenvalue weighted by molar-refractivity contribution is 7.08. The average Bonchev–Trinajstić information content (AvgIpc) is 3.15. The molecule has 0 aromatic carbocycles. The lowest BCUT2D eigenvalue weighted by Crippen LogP contribution is -2.48. The van der Waals surface area contributed by atoms with E-state index < -0.39 is 5.41 Å². The Kier molecular flexibility index (Phi) is 4.64. The Hall–Kier alpha value is -2.59. The second-order valence-electron chi connectivity index (χ2n) is 6.49. The molecule has 3 rings (SSSR count). The van der Waals surface area contributed by atoms with E-state index in [1.165, 1.54) is 11.3 Å². The van der Waals surface area contributed by atoms with Crippen LogP contribution in [0.15, 0.2) is 39.7 Å². The predicted molar refractivity (Wildman–Crippen MR) is 95.8 cm³/mol. The van der Waals surface area contributed by atoms with E-state index in [9.17, 15) is 15.8 Å². The fourth-order valence-corrected chi connectivity index (χ4v) is 4.76. The molecule has 0 unspecified atom stereocenters. The Bertz CT molecular complexity index is 830. The third-order valence-electron chi connectivity index (χ3n) is 5.18. The van der Waals surface area contributed by atoms with E-state index in [1.807, 2.05) is 22.9 Å². The molecule has 0 saturated heterocycles. The Morgan fingerprint density at radius 2 is 2.12 bits per heavy atom. The van der Waals surface area contributed by atoms with Crippen LogP contribution < -0.4 is 5.73 Å². The monoisotopic (exact) mass is 349 g/mol. The summed E-state index contributed by atoms with van der Waals surface area (Å²) in [6.45, 7) is 4.57. The van der Waals surface area contributed by atoms with E-state index in [0.717, 1.165) is 37.2 Å². The SMILES string of the molecule is CCCN1CC=C2C(C#N)=C(N)C(C#N)(C#N)[C@H](c3ccsc3)[C@@H]2C1. The van der Waals surface area contributed by atoms with Crippen LogP contribution >= 0.6 is 11.3 Å². The number of thiophene rings is 1. The van der Waals surface area contributed by atoms with E-state index in [1.54, 1.807) is 0 Å². The van der Waals surface area contributed by atoms with Crippen molar-refractivity contribution in [3.05, 3.63) is 45.3 Å². The van der Waals surface area contributed by atoms with Gasteiger partial charge >= 0.3 is 0 Å². The molecule has 0 amide bonds. The number of rotatable bonds is 3. The van der Waals surface area contributed by atoms with Gasteiger partial charge in [0.2, 0.25) is 0 Å². The molecule has 2 N–H and O–H groups in total. The molecule has 1 aromatic heterocycles. The fourth-order valence-electron chi connectivity index (χ4n) is 4.07. The highest BCUT2D eigenvalue weighted by Crippen LogP contribution is 2.54. The van der Waals surface area contributed by atoms with Gasteiger partial charge in [-0.25, -0.2) is 0 Å².